The molecule has 4 rings (SSSR count). The molecule has 166 valence electrons. The quantitative estimate of drug-likeness (QED) is 0.173. The molecule has 0 unspecified atom stereocenters. The van der Waals surface area contributed by atoms with Crippen molar-refractivity contribution in [3.8, 4) is 0 Å². The molecule has 0 radical (unpaired) electrons. The Morgan fingerprint density at radius 3 is 1.61 bits per heavy atom. The number of hydrogen-bond acceptors (Lipinski definition) is 2. The van der Waals surface area contributed by atoms with Gasteiger partial charge in [0.1, 0.15) is 11.3 Å². The summed E-state index contributed by atoms with van der Waals surface area (Å²) in [6.45, 7) is 8.45. The Kier molecular flexibility index (Phi) is 12.6. The Balaban J connectivity index is 0.000000292. The Morgan fingerprint density at radius 2 is 1.16 bits per heavy atom. The van der Waals surface area contributed by atoms with Gasteiger partial charge in [-0.3, -0.25) is 9.97 Å². The standard InChI is InChI=1S/C13H17N2.C12H15N2.2W/c1-3-4-5-7-12-10-11(2)14-13-8-6-9-15(12)13;1-3-4-6-11-9-10(2)13-12-7-5-8-14(11)12;;/h6,8-9H,3-5,7H2,1-2H3;5,7-8H,3-4,6H2,1-2H3;;/q2*-1;;. The molecule has 0 saturated carbocycles. The third kappa shape index (κ3) is 7.69. The fourth-order valence-electron chi connectivity index (χ4n) is 3.57. The van der Waals surface area contributed by atoms with Crippen LogP contribution in [0.15, 0.2) is 36.7 Å². The van der Waals surface area contributed by atoms with E-state index in [-0.39, 0.29) is 42.1 Å². The van der Waals surface area contributed by atoms with Crippen LogP contribution < -0.4 is 0 Å². The summed E-state index contributed by atoms with van der Waals surface area (Å²) in [5.74, 6) is 0. The summed E-state index contributed by atoms with van der Waals surface area (Å²) >= 11 is 0. The second kappa shape index (κ2) is 14.0. The molecule has 0 saturated heterocycles. The van der Waals surface area contributed by atoms with Crippen molar-refractivity contribution in [1.82, 2.24) is 18.8 Å². The molecule has 0 aliphatic carbocycles. The van der Waals surface area contributed by atoms with Crippen LogP contribution in [-0.2, 0) is 55.0 Å². The van der Waals surface area contributed by atoms with Gasteiger partial charge in [-0.1, -0.05) is 59.8 Å². The van der Waals surface area contributed by atoms with Gasteiger partial charge in [0.05, 0.1) is 0 Å². The zero-order chi connectivity index (χ0) is 20.6. The summed E-state index contributed by atoms with van der Waals surface area (Å²) < 4.78 is 4.27. The average Bonchev–Trinajstić information content (AvgIpc) is 3.35. The minimum Gasteiger partial charge on any atom is -0.429 e. The van der Waals surface area contributed by atoms with Crippen LogP contribution in [0.5, 0.6) is 0 Å². The molecule has 0 aliphatic rings. The summed E-state index contributed by atoms with van der Waals surface area (Å²) in [5, 5.41) is 0. The van der Waals surface area contributed by atoms with Gasteiger partial charge in [-0.2, -0.15) is 11.4 Å². The van der Waals surface area contributed by atoms with Crippen LogP contribution in [0.4, 0.5) is 0 Å². The number of aromatic nitrogens is 4. The Labute approximate surface area is 215 Å². The third-order valence-corrected chi connectivity index (χ3v) is 5.04. The van der Waals surface area contributed by atoms with Crippen molar-refractivity contribution in [3.63, 3.8) is 0 Å². The summed E-state index contributed by atoms with van der Waals surface area (Å²) in [4.78, 5) is 8.84. The maximum atomic E-state index is 4.43. The molecule has 4 aromatic rings. The van der Waals surface area contributed by atoms with Gasteiger partial charge < -0.3 is 20.9 Å². The molecule has 0 atom stereocenters. The van der Waals surface area contributed by atoms with Crippen molar-refractivity contribution in [2.75, 3.05) is 0 Å². The predicted octanol–water partition coefficient (Wildman–Crippen LogP) is 5.96. The molecule has 0 fully saturated rings. The van der Waals surface area contributed by atoms with Crippen LogP contribution in [0, 0.1) is 26.0 Å². The van der Waals surface area contributed by atoms with Gasteiger partial charge >= 0.3 is 0 Å². The van der Waals surface area contributed by atoms with Crippen LogP contribution in [0.25, 0.3) is 11.3 Å². The first kappa shape index (κ1) is 27.8. The topological polar surface area (TPSA) is 34.6 Å². The molecule has 4 aromatic heterocycles. The third-order valence-electron chi connectivity index (χ3n) is 5.04. The summed E-state index contributed by atoms with van der Waals surface area (Å²) in [6, 6.07) is 14.8. The van der Waals surface area contributed by atoms with E-state index in [0.29, 0.717) is 0 Å². The van der Waals surface area contributed by atoms with E-state index >= 15 is 0 Å². The molecule has 4 nitrogen and oxygen atoms in total. The SMILES string of the molecule is CCCCCc1[c-]c(C)nc2cccn12.CCCCc1[c-]c(C)nc2cccn12.[W].[W]. The van der Waals surface area contributed by atoms with Crippen molar-refractivity contribution < 1.29 is 42.1 Å². The van der Waals surface area contributed by atoms with Crippen molar-refractivity contribution in [2.45, 2.75) is 72.6 Å². The monoisotopic (exact) mass is 756 g/mol. The van der Waals surface area contributed by atoms with E-state index < -0.39 is 0 Å². The van der Waals surface area contributed by atoms with Crippen molar-refractivity contribution >= 4 is 11.3 Å². The molecule has 4 heterocycles. The van der Waals surface area contributed by atoms with E-state index in [1.54, 1.807) is 0 Å². The maximum Gasteiger partial charge on any atom is 0.131 e. The van der Waals surface area contributed by atoms with Gasteiger partial charge in [0.25, 0.3) is 0 Å². The minimum atomic E-state index is 0. The smallest absolute Gasteiger partial charge is 0.131 e. The fraction of sp³-hybridized carbons (Fsp3) is 0.440. The average molecular weight is 756 g/mol. The van der Waals surface area contributed by atoms with E-state index in [0.717, 1.165) is 35.5 Å². The fourth-order valence-corrected chi connectivity index (χ4v) is 3.57. The van der Waals surface area contributed by atoms with Gasteiger partial charge in [0.15, 0.2) is 0 Å². The van der Waals surface area contributed by atoms with Gasteiger partial charge in [-0.15, -0.1) is 11.4 Å². The van der Waals surface area contributed by atoms with Crippen molar-refractivity contribution in [1.29, 1.82) is 0 Å². The molecule has 0 aromatic carbocycles. The van der Waals surface area contributed by atoms with Crippen molar-refractivity contribution in [3.05, 3.63) is 71.6 Å². The van der Waals surface area contributed by atoms with E-state index in [2.05, 4.69) is 57.1 Å². The number of aryl methyl sites for hydroxylation is 4. The van der Waals surface area contributed by atoms with Crippen LogP contribution in [0.1, 0.15) is 68.7 Å². The molecule has 0 spiro atoms. The summed E-state index contributed by atoms with van der Waals surface area (Å²) in [6.07, 6.45) is 12.5. The van der Waals surface area contributed by atoms with Crippen molar-refractivity contribution in [2.24, 2.45) is 0 Å². The van der Waals surface area contributed by atoms with E-state index in [1.165, 1.54) is 43.5 Å². The normalized spacial score (nSPS) is 10.3. The largest absolute Gasteiger partial charge is 0.429 e. The number of nitrogens with zero attached hydrogens (tertiary/aromatic N) is 4. The molecule has 0 bridgehead atoms. The van der Waals surface area contributed by atoms with E-state index in [4.69, 9.17) is 0 Å². The molecule has 0 aliphatic heterocycles. The Morgan fingerprint density at radius 1 is 0.710 bits per heavy atom. The summed E-state index contributed by atoms with van der Waals surface area (Å²) in [5.41, 5.74) is 6.57. The maximum absolute atomic E-state index is 4.43. The van der Waals surface area contributed by atoms with E-state index in [1.807, 2.05) is 38.1 Å². The molecule has 0 amide bonds. The predicted molar refractivity (Wildman–Crippen MR) is 119 cm³/mol. The molecular weight excluding hydrogens is 724 g/mol. The van der Waals surface area contributed by atoms with Gasteiger partial charge in [-0.05, 0) is 37.1 Å². The second-order valence-corrected chi connectivity index (χ2v) is 7.57. The second-order valence-electron chi connectivity index (χ2n) is 7.57. The zero-order valence-electron chi connectivity index (χ0n) is 19.0. The van der Waals surface area contributed by atoms with Crippen LogP contribution in [0.2, 0.25) is 0 Å². The Hall–Kier alpha value is -1.24. The van der Waals surface area contributed by atoms with E-state index in [9.17, 15) is 0 Å². The summed E-state index contributed by atoms with van der Waals surface area (Å²) in [7, 11) is 0. The zero-order valence-corrected chi connectivity index (χ0v) is 24.9. The first-order chi connectivity index (χ1) is 14.1. The molecule has 6 heteroatoms. The van der Waals surface area contributed by atoms with Gasteiger partial charge in [-0.25, -0.2) is 0 Å². The first-order valence-corrected chi connectivity index (χ1v) is 10.8. The van der Waals surface area contributed by atoms with Crippen LogP contribution in [0.3, 0.4) is 0 Å². The number of fused-ring (bicyclic) bond motifs is 2. The number of hydrogen-bond donors (Lipinski definition) is 0. The minimum absolute atomic E-state index is 0. The van der Waals surface area contributed by atoms with Gasteiger partial charge in [0, 0.05) is 54.5 Å². The number of rotatable bonds is 7. The molecular formula is C25H32N4W2-2. The molecule has 0 N–H and O–H groups in total. The first-order valence-electron chi connectivity index (χ1n) is 10.8. The van der Waals surface area contributed by atoms with Gasteiger partial charge in [0.2, 0.25) is 0 Å². The van der Waals surface area contributed by atoms with Crippen LogP contribution >= 0.6 is 0 Å². The van der Waals surface area contributed by atoms with Crippen LogP contribution in [-0.4, -0.2) is 18.8 Å². The number of unbranched alkanes of at least 4 members (excludes halogenated alkanes) is 3. The Bertz CT molecular complexity index is 1050. The molecule has 31 heavy (non-hydrogen) atoms.